The molecule has 2 unspecified atom stereocenters. The SMILES string of the molecule is COC(=O)CC[C@@H]1N=C(c2ccccn2)c2cc(Cl)ccc2-n2c1nc(C)c2C1CC1.COC(=O)CC[C@@H]1N=C(c2ccccn2)c2cc(Cl)ccc2N=C1CC(C)C(O)C1CC1. The molecule has 0 amide bonds. The van der Waals surface area contributed by atoms with Crippen molar-refractivity contribution in [3.63, 3.8) is 0 Å². The van der Waals surface area contributed by atoms with Gasteiger partial charge in [0.15, 0.2) is 0 Å². The summed E-state index contributed by atoms with van der Waals surface area (Å²) < 4.78 is 12.0. The molecular weight excluding hydrogens is 837 g/mol. The van der Waals surface area contributed by atoms with Crippen LogP contribution in [0.4, 0.5) is 5.69 Å². The van der Waals surface area contributed by atoms with E-state index >= 15 is 0 Å². The van der Waals surface area contributed by atoms with E-state index in [1.165, 1.54) is 19.9 Å². The minimum Gasteiger partial charge on any atom is -0.469 e. The Morgan fingerprint density at radius 2 is 1.38 bits per heavy atom. The molecule has 5 heterocycles. The summed E-state index contributed by atoms with van der Waals surface area (Å²) in [4.78, 5) is 53.0. The Labute approximate surface area is 377 Å². The van der Waals surface area contributed by atoms with Gasteiger partial charge >= 0.3 is 11.9 Å². The zero-order chi connectivity index (χ0) is 44.2. The maximum absolute atomic E-state index is 11.9. The highest BCUT2D eigenvalue weighted by molar-refractivity contribution is 6.32. The first-order valence-corrected chi connectivity index (χ1v) is 22.3. The number of methoxy groups -OCH3 is 2. The number of carbonyl (C=O) groups excluding carboxylic acids is 2. The van der Waals surface area contributed by atoms with Gasteiger partial charge in [-0.15, -0.1) is 0 Å². The van der Waals surface area contributed by atoms with Gasteiger partial charge in [-0.05, 0) is 124 Å². The molecule has 9 rings (SSSR count). The van der Waals surface area contributed by atoms with Crippen LogP contribution in [0, 0.1) is 18.8 Å². The third-order valence-electron chi connectivity index (χ3n) is 12.0. The normalized spacial score (nSPS) is 18.6. The number of aryl methyl sites for hydroxylation is 1. The van der Waals surface area contributed by atoms with Gasteiger partial charge in [0, 0.05) is 63.7 Å². The Morgan fingerprint density at radius 3 is 1.97 bits per heavy atom. The van der Waals surface area contributed by atoms with Crippen molar-refractivity contribution in [3.05, 3.63) is 135 Å². The van der Waals surface area contributed by atoms with E-state index in [1.54, 1.807) is 12.4 Å². The van der Waals surface area contributed by atoms with Crippen molar-refractivity contribution in [2.24, 2.45) is 26.8 Å². The monoisotopic (exact) mass is 887 g/mol. The van der Waals surface area contributed by atoms with Crippen LogP contribution in [0.1, 0.15) is 116 Å². The van der Waals surface area contributed by atoms with E-state index < -0.39 is 0 Å². The minimum atomic E-state index is -0.355. The Hall–Kier alpha value is -5.56. The second kappa shape index (κ2) is 19.5. The van der Waals surface area contributed by atoms with E-state index in [4.69, 9.17) is 52.6 Å². The molecule has 2 fully saturated rings. The quantitative estimate of drug-likeness (QED) is 0.115. The molecule has 2 aliphatic heterocycles. The highest BCUT2D eigenvalue weighted by Gasteiger charge is 2.37. The number of nitrogens with zero attached hydrogens (tertiary/aromatic N) is 7. The summed E-state index contributed by atoms with van der Waals surface area (Å²) in [6, 6.07) is 22.3. The number of aromatic nitrogens is 4. The second-order valence-corrected chi connectivity index (χ2v) is 17.5. The van der Waals surface area contributed by atoms with E-state index in [9.17, 15) is 14.7 Å². The molecule has 63 heavy (non-hydrogen) atoms. The fourth-order valence-electron chi connectivity index (χ4n) is 8.46. The van der Waals surface area contributed by atoms with E-state index in [0.717, 1.165) is 82.5 Å². The third kappa shape index (κ3) is 10.1. The van der Waals surface area contributed by atoms with Crippen molar-refractivity contribution in [3.8, 4) is 5.69 Å². The van der Waals surface area contributed by atoms with Crippen LogP contribution in [0.2, 0.25) is 10.0 Å². The first-order valence-electron chi connectivity index (χ1n) is 21.6. The molecule has 5 aromatic rings. The van der Waals surface area contributed by atoms with Crippen LogP contribution < -0.4 is 0 Å². The lowest BCUT2D eigenvalue weighted by Crippen LogP contribution is -2.28. The molecule has 0 radical (unpaired) electrons. The van der Waals surface area contributed by atoms with Gasteiger partial charge in [-0.25, -0.2) is 4.98 Å². The van der Waals surface area contributed by atoms with E-state index in [-0.39, 0.29) is 48.9 Å². The predicted molar refractivity (Wildman–Crippen MR) is 245 cm³/mol. The van der Waals surface area contributed by atoms with E-state index in [2.05, 4.69) is 28.4 Å². The summed E-state index contributed by atoms with van der Waals surface area (Å²) >= 11 is 12.8. The maximum atomic E-state index is 11.9. The number of hydrogen-bond acceptors (Lipinski definition) is 11. The van der Waals surface area contributed by atoms with Crippen LogP contribution >= 0.6 is 23.2 Å². The number of aliphatic hydroxyl groups is 1. The van der Waals surface area contributed by atoms with Crippen molar-refractivity contribution in [2.45, 2.75) is 95.7 Å². The number of imidazole rings is 1. The number of pyridine rings is 2. The van der Waals surface area contributed by atoms with Crippen LogP contribution in [0.15, 0.2) is 100 Å². The molecule has 1 N–H and O–H groups in total. The number of rotatable bonds is 13. The number of carbonyl (C=O) groups is 2. The zero-order valence-electron chi connectivity index (χ0n) is 35.9. The molecular formula is C49H51Cl2N7O5. The molecule has 3 aromatic heterocycles. The van der Waals surface area contributed by atoms with Gasteiger partial charge in [0.2, 0.25) is 0 Å². The van der Waals surface area contributed by atoms with Crippen LogP contribution in [-0.2, 0) is 19.1 Å². The first-order chi connectivity index (χ1) is 30.5. The standard InChI is InChI=1S/C25H28ClN3O3.C24H23ClN4O2/c1-15(25(31)16-6-7-16)13-22-20(10-11-23(30)32-2)29-24(21-5-3-4-12-27-21)18-14-17(26)8-9-19(18)28-22;1-14-23(15-6-7-15)29-20-10-8-16(25)13-17(20)22(18-5-3-4-12-26-18)28-19(24(29)27-14)9-11-21(30)31-2/h3-5,8-9,12,14-16,20,25,31H,6-7,10-11,13H2,1-2H3;3-5,8,10,12-13,15,19H,6-7,9,11H2,1-2H3/t15?,20-,25?;19-/m00/s1. The first kappa shape index (κ1) is 44.1. The fraction of sp³-hybridized carbons (Fsp3) is 0.388. The molecule has 2 aliphatic carbocycles. The van der Waals surface area contributed by atoms with Gasteiger partial charge in [0.25, 0.3) is 0 Å². The number of benzene rings is 2. The number of fused-ring (bicyclic) bond motifs is 4. The summed E-state index contributed by atoms with van der Waals surface area (Å²) in [5, 5.41) is 11.9. The average Bonchev–Trinajstić information content (AvgIpc) is 4.24. The Morgan fingerprint density at radius 1 is 0.794 bits per heavy atom. The topological polar surface area (TPSA) is 154 Å². The summed E-state index contributed by atoms with van der Waals surface area (Å²) in [5.74, 6) is 1.25. The highest BCUT2D eigenvalue weighted by atomic mass is 35.5. The molecule has 0 spiro atoms. The number of ether oxygens (including phenoxy) is 2. The molecule has 0 bridgehead atoms. The zero-order valence-corrected chi connectivity index (χ0v) is 37.4. The summed E-state index contributed by atoms with van der Waals surface area (Å²) in [7, 11) is 2.80. The minimum absolute atomic E-state index is 0.0456. The van der Waals surface area contributed by atoms with Gasteiger partial charge in [0.1, 0.15) is 11.9 Å². The van der Waals surface area contributed by atoms with Gasteiger partial charge in [-0.3, -0.25) is 39.1 Å². The number of aliphatic hydroxyl groups excluding tert-OH is 1. The van der Waals surface area contributed by atoms with Crippen molar-refractivity contribution in [1.29, 1.82) is 0 Å². The molecule has 12 nitrogen and oxygen atoms in total. The highest BCUT2D eigenvalue weighted by Crippen LogP contribution is 2.46. The van der Waals surface area contributed by atoms with Gasteiger partial charge in [-0.2, -0.15) is 0 Å². The third-order valence-corrected chi connectivity index (χ3v) is 12.5. The smallest absolute Gasteiger partial charge is 0.305 e. The van der Waals surface area contributed by atoms with Gasteiger partial charge < -0.3 is 14.6 Å². The molecule has 326 valence electrons. The lowest BCUT2D eigenvalue weighted by molar-refractivity contribution is -0.141. The Bertz CT molecular complexity index is 2570. The fourth-order valence-corrected chi connectivity index (χ4v) is 8.81. The molecule has 2 saturated carbocycles. The Balaban J connectivity index is 0.000000173. The summed E-state index contributed by atoms with van der Waals surface area (Å²) in [5.41, 5.74) is 9.58. The molecule has 4 aliphatic rings. The van der Waals surface area contributed by atoms with Crippen molar-refractivity contribution < 1.29 is 24.2 Å². The predicted octanol–water partition coefficient (Wildman–Crippen LogP) is 9.73. The molecule has 2 aromatic carbocycles. The van der Waals surface area contributed by atoms with E-state index in [0.29, 0.717) is 46.9 Å². The maximum Gasteiger partial charge on any atom is 0.305 e. The lowest BCUT2D eigenvalue weighted by atomic mass is 9.91. The second-order valence-electron chi connectivity index (χ2n) is 16.6. The van der Waals surface area contributed by atoms with Crippen LogP contribution in [-0.4, -0.2) is 80.1 Å². The summed E-state index contributed by atoms with van der Waals surface area (Å²) in [6.45, 7) is 4.12. The number of hydrogen-bond donors (Lipinski definition) is 1. The molecule has 0 saturated heterocycles. The number of aliphatic imine (C=N–C) groups is 3. The van der Waals surface area contributed by atoms with Crippen molar-refractivity contribution in [1.82, 2.24) is 19.5 Å². The van der Waals surface area contributed by atoms with Gasteiger partial charge in [0.05, 0.1) is 66.2 Å². The van der Waals surface area contributed by atoms with Crippen molar-refractivity contribution >= 4 is 58.0 Å². The largest absolute Gasteiger partial charge is 0.469 e. The van der Waals surface area contributed by atoms with Crippen molar-refractivity contribution in [2.75, 3.05) is 14.2 Å². The van der Waals surface area contributed by atoms with Crippen LogP contribution in [0.25, 0.3) is 5.69 Å². The number of esters is 2. The van der Waals surface area contributed by atoms with Gasteiger partial charge in [-0.1, -0.05) is 42.3 Å². The number of halogens is 2. The van der Waals surface area contributed by atoms with Crippen LogP contribution in [0.5, 0.6) is 0 Å². The average molecular weight is 889 g/mol. The molecule has 14 heteroatoms. The van der Waals surface area contributed by atoms with E-state index in [1.807, 2.05) is 72.8 Å². The lowest BCUT2D eigenvalue weighted by Gasteiger charge is -2.22. The van der Waals surface area contributed by atoms with Crippen LogP contribution in [0.3, 0.4) is 0 Å². The molecule has 4 atom stereocenters. The summed E-state index contributed by atoms with van der Waals surface area (Å²) in [6.07, 6.45) is 9.68. The Kier molecular flexibility index (Phi) is 13.6.